The molecule has 1 saturated heterocycles. The van der Waals surface area contributed by atoms with Crippen LogP contribution in [0.4, 0.5) is 0 Å². The number of fused-ring (bicyclic) bond motifs is 1. The van der Waals surface area contributed by atoms with E-state index in [0.717, 1.165) is 34.6 Å². The van der Waals surface area contributed by atoms with Crippen LogP contribution in [0.25, 0.3) is 0 Å². The molecule has 0 bridgehead atoms. The zero-order valence-corrected chi connectivity index (χ0v) is 22.9. The van der Waals surface area contributed by atoms with Gasteiger partial charge >= 0.3 is 29.8 Å². The van der Waals surface area contributed by atoms with Crippen molar-refractivity contribution in [2.45, 2.75) is 64.5 Å². The van der Waals surface area contributed by atoms with Gasteiger partial charge in [0.05, 0.1) is 0 Å². The van der Waals surface area contributed by atoms with Crippen molar-refractivity contribution < 1.29 is 62.0 Å². The Hall–Kier alpha value is -4.04. The molecule has 1 heterocycles. The number of carbonyl (C=O) groups is 7. The fraction of sp³-hybridized carbons (Fsp3) is 0.423. The summed E-state index contributed by atoms with van der Waals surface area (Å²) in [6.07, 6.45) is -5.68. The zero-order valence-electron chi connectivity index (χ0n) is 22.1. The Bertz CT molecular complexity index is 1280. The molecule has 1 aromatic rings. The number of thioether (sulfide) groups is 1. The molecule has 0 N–H and O–H groups in total. The molecular formula is C26H26O13S. The van der Waals surface area contributed by atoms with Crippen LogP contribution < -0.4 is 0 Å². The van der Waals surface area contributed by atoms with Crippen LogP contribution in [0.2, 0.25) is 0 Å². The lowest BCUT2D eigenvalue weighted by Gasteiger charge is -2.44. The van der Waals surface area contributed by atoms with Gasteiger partial charge in [-0.25, -0.2) is 0 Å². The van der Waals surface area contributed by atoms with Gasteiger partial charge in [-0.3, -0.25) is 33.6 Å². The van der Waals surface area contributed by atoms with E-state index in [4.69, 9.17) is 28.4 Å². The predicted molar refractivity (Wildman–Crippen MR) is 133 cm³/mol. The van der Waals surface area contributed by atoms with Gasteiger partial charge in [-0.1, -0.05) is 36.0 Å². The Balaban J connectivity index is 2.14. The summed E-state index contributed by atoms with van der Waals surface area (Å²) in [6.45, 7) is 4.89. The molecule has 1 aromatic carbocycles. The zero-order chi connectivity index (χ0) is 29.7. The molecule has 40 heavy (non-hydrogen) atoms. The minimum Gasteiger partial charge on any atom is -0.463 e. The highest BCUT2D eigenvalue weighted by Crippen LogP contribution is 2.42. The molecule has 0 saturated carbocycles. The minimum atomic E-state index is -1.50. The lowest BCUT2D eigenvalue weighted by Crippen LogP contribution is -2.61. The predicted octanol–water partition coefficient (Wildman–Crippen LogP) is 1.66. The van der Waals surface area contributed by atoms with E-state index in [0.29, 0.717) is 11.8 Å². The van der Waals surface area contributed by atoms with E-state index in [-0.39, 0.29) is 16.0 Å². The smallest absolute Gasteiger partial charge is 0.308 e. The Morgan fingerprint density at radius 3 is 1.77 bits per heavy atom. The van der Waals surface area contributed by atoms with Crippen molar-refractivity contribution in [3.63, 3.8) is 0 Å². The maximum Gasteiger partial charge on any atom is 0.308 e. The number of carbonyl (C=O) groups excluding carboxylic acids is 7. The molecule has 0 aromatic heterocycles. The SMILES string of the molecule is CC(=O)OC[C@@H]1O[C@@H](SC2=C(OC(C)=O)C(=O)c3ccccc3C2=O)[C@H](OC(C)=O)[C@@H](OC(C)=O)[C@@H]1OC(C)=O. The Morgan fingerprint density at radius 1 is 0.725 bits per heavy atom. The average Bonchev–Trinajstić information content (AvgIpc) is 2.85. The summed E-state index contributed by atoms with van der Waals surface area (Å²) in [4.78, 5) is 85.8. The summed E-state index contributed by atoms with van der Waals surface area (Å²) in [7, 11) is 0. The van der Waals surface area contributed by atoms with E-state index >= 15 is 0 Å². The third-order valence-electron chi connectivity index (χ3n) is 5.46. The summed E-state index contributed by atoms with van der Waals surface area (Å²) in [5.74, 6) is -6.09. The first kappa shape index (κ1) is 30.5. The standard InChI is InChI=1S/C26H26O13S/c1-11(27)34-10-18-21(35-12(2)28)23(37-14(4)30)24(38-15(5)31)26(39-18)40-25-20(33)17-9-7-6-8-16(17)19(32)22(25)36-13(3)29/h6-9,18,21,23-24,26H,10H2,1-5H3/t18-,21+,23-,24+,26-/m0/s1. The Labute approximate surface area is 232 Å². The molecule has 0 amide bonds. The fourth-order valence-electron chi connectivity index (χ4n) is 4.07. The summed E-state index contributed by atoms with van der Waals surface area (Å²) in [5.41, 5.74) is -1.38. The minimum absolute atomic E-state index is 0.00893. The third kappa shape index (κ3) is 7.12. The highest BCUT2D eigenvalue weighted by molar-refractivity contribution is 8.04. The molecule has 0 spiro atoms. The third-order valence-corrected chi connectivity index (χ3v) is 6.68. The number of rotatable bonds is 8. The number of hydrogen-bond acceptors (Lipinski definition) is 14. The quantitative estimate of drug-likeness (QED) is 0.321. The first-order valence-electron chi connectivity index (χ1n) is 11.9. The first-order valence-corrected chi connectivity index (χ1v) is 12.8. The van der Waals surface area contributed by atoms with Crippen molar-refractivity contribution in [2.75, 3.05) is 6.61 Å². The Kier molecular flexibility index (Phi) is 9.82. The highest BCUT2D eigenvalue weighted by Gasteiger charge is 2.53. The first-order chi connectivity index (χ1) is 18.8. The van der Waals surface area contributed by atoms with Crippen LogP contribution in [0.3, 0.4) is 0 Å². The molecular weight excluding hydrogens is 552 g/mol. The second kappa shape index (κ2) is 12.9. The fourth-order valence-corrected chi connectivity index (χ4v) is 5.31. The van der Waals surface area contributed by atoms with Crippen LogP contribution in [0.5, 0.6) is 0 Å². The van der Waals surface area contributed by atoms with Crippen LogP contribution in [-0.4, -0.2) is 77.9 Å². The summed E-state index contributed by atoms with van der Waals surface area (Å²) in [6, 6.07) is 5.88. The molecule has 1 aliphatic heterocycles. The van der Waals surface area contributed by atoms with Gasteiger partial charge in [0.25, 0.3) is 0 Å². The largest absolute Gasteiger partial charge is 0.463 e. The Morgan fingerprint density at radius 2 is 1.25 bits per heavy atom. The number of hydrogen-bond donors (Lipinski definition) is 0. The highest BCUT2D eigenvalue weighted by atomic mass is 32.2. The maximum absolute atomic E-state index is 13.5. The number of allylic oxidation sites excluding steroid dienone is 2. The number of ketones is 2. The van der Waals surface area contributed by atoms with Crippen LogP contribution in [0, 0.1) is 0 Å². The molecule has 0 radical (unpaired) electrons. The van der Waals surface area contributed by atoms with E-state index in [9.17, 15) is 33.6 Å². The van der Waals surface area contributed by atoms with Crippen molar-refractivity contribution in [3.8, 4) is 0 Å². The van der Waals surface area contributed by atoms with Crippen molar-refractivity contribution in [3.05, 3.63) is 46.1 Å². The topological polar surface area (TPSA) is 175 Å². The molecule has 2 aliphatic rings. The van der Waals surface area contributed by atoms with Gasteiger partial charge in [-0.2, -0.15) is 0 Å². The summed E-state index contributed by atoms with van der Waals surface area (Å²) in [5, 5.41) is 0. The second-order valence-electron chi connectivity index (χ2n) is 8.64. The van der Waals surface area contributed by atoms with Gasteiger partial charge in [-0.05, 0) is 0 Å². The average molecular weight is 579 g/mol. The lowest BCUT2D eigenvalue weighted by molar-refractivity contribution is -0.237. The van der Waals surface area contributed by atoms with Crippen molar-refractivity contribution in [1.82, 2.24) is 0 Å². The monoisotopic (exact) mass is 578 g/mol. The molecule has 13 nitrogen and oxygen atoms in total. The van der Waals surface area contributed by atoms with Gasteiger partial charge in [0.2, 0.25) is 11.6 Å². The molecule has 1 fully saturated rings. The molecule has 5 atom stereocenters. The van der Waals surface area contributed by atoms with Gasteiger partial charge in [0.15, 0.2) is 24.1 Å². The molecule has 1 aliphatic carbocycles. The second-order valence-corrected chi connectivity index (χ2v) is 9.75. The van der Waals surface area contributed by atoms with E-state index < -0.39 is 83.6 Å². The molecule has 0 unspecified atom stereocenters. The number of benzene rings is 1. The number of ether oxygens (including phenoxy) is 6. The maximum atomic E-state index is 13.5. The number of esters is 5. The molecule has 214 valence electrons. The summed E-state index contributed by atoms with van der Waals surface area (Å²) >= 11 is 0.567. The van der Waals surface area contributed by atoms with Crippen LogP contribution in [0.1, 0.15) is 55.3 Å². The van der Waals surface area contributed by atoms with E-state index in [2.05, 4.69) is 0 Å². The summed E-state index contributed by atoms with van der Waals surface area (Å²) < 4.78 is 32.3. The van der Waals surface area contributed by atoms with E-state index in [1.165, 1.54) is 24.3 Å². The van der Waals surface area contributed by atoms with E-state index in [1.807, 2.05) is 0 Å². The van der Waals surface area contributed by atoms with Crippen LogP contribution >= 0.6 is 11.8 Å². The normalized spacial score (nSPS) is 24.0. The van der Waals surface area contributed by atoms with Gasteiger partial charge in [-0.15, -0.1) is 0 Å². The van der Waals surface area contributed by atoms with Gasteiger partial charge < -0.3 is 28.4 Å². The van der Waals surface area contributed by atoms with Gasteiger partial charge in [0, 0.05) is 45.7 Å². The number of Topliss-reactive ketones (excluding diaryl/α,β-unsaturated/α-hetero) is 2. The van der Waals surface area contributed by atoms with E-state index in [1.54, 1.807) is 0 Å². The van der Waals surface area contributed by atoms with Crippen LogP contribution in [-0.2, 0) is 52.4 Å². The molecule has 3 rings (SSSR count). The van der Waals surface area contributed by atoms with Crippen molar-refractivity contribution >= 4 is 53.2 Å². The van der Waals surface area contributed by atoms with Crippen molar-refractivity contribution in [2.24, 2.45) is 0 Å². The van der Waals surface area contributed by atoms with Crippen molar-refractivity contribution in [1.29, 1.82) is 0 Å². The molecule has 14 heteroatoms. The van der Waals surface area contributed by atoms with Gasteiger partial charge in [0.1, 0.15) is 23.1 Å². The van der Waals surface area contributed by atoms with Crippen LogP contribution in [0.15, 0.2) is 34.9 Å². The lowest BCUT2D eigenvalue weighted by atomic mass is 9.93.